The summed E-state index contributed by atoms with van der Waals surface area (Å²) in [6.45, 7) is 10.9. The first-order chi connectivity index (χ1) is 9.10. The maximum Gasteiger partial charge on any atom is 0.0931 e. The molecule has 1 aromatic heterocycles. The van der Waals surface area contributed by atoms with Crippen LogP contribution in [0.5, 0.6) is 0 Å². The van der Waals surface area contributed by atoms with Gasteiger partial charge in [0.25, 0.3) is 0 Å². The predicted molar refractivity (Wildman–Crippen MR) is 84.0 cm³/mol. The average molecular weight is 302 g/mol. The summed E-state index contributed by atoms with van der Waals surface area (Å²) in [4.78, 5) is 6.35. The molecule has 1 atom stereocenters. The van der Waals surface area contributed by atoms with Crippen molar-refractivity contribution in [3.8, 4) is 0 Å². The van der Waals surface area contributed by atoms with E-state index in [1.165, 1.54) is 11.4 Å². The van der Waals surface area contributed by atoms with Crippen molar-refractivity contribution in [3.63, 3.8) is 0 Å². The molecule has 0 aliphatic carbocycles. The van der Waals surface area contributed by atoms with Crippen LogP contribution in [0, 0.1) is 5.92 Å². The number of nitrogens with two attached hydrogens (primary N) is 1. The van der Waals surface area contributed by atoms with Gasteiger partial charge in [-0.05, 0) is 18.1 Å². The summed E-state index contributed by atoms with van der Waals surface area (Å²) in [5.41, 5.74) is 5.97. The lowest BCUT2D eigenvalue weighted by Crippen LogP contribution is -2.49. The van der Waals surface area contributed by atoms with Crippen LogP contribution in [0.4, 0.5) is 0 Å². The lowest BCUT2D eigenvalue weighted by Gasteiger charge is -2.39. The van der Waals surface area contributed by atoms with E-state index >= 15 is 0 Å². The van der Waals surface area contributed by atoms with E-state index in [0.29, 0.717) is 12.6 Å². The maximum absolute atomic E-state index is 6.03. The number of hydrogen-bond donors (Lipinski definition) is 1. The molecule has 3 nitrogen and oxygen atoms in total. The van der Waals surface area contributed by atoms with Crippen molar-refractivity contribution >= 4 is 22.9 Å². The van der Waals surface area contributed by atoms with Gasteiger partial charge < -0.3 is 10.6 Å². The van der Waals surface area contributed by atoms with Gasteiger partial charge in [0.15, 0.2) is 0 Å². The van der Waals surface area contributed by atoms with Crippen molar-refractivity contribution in [2.45, 2.75) is 19.9 Å². The molecule has 1 saturated heterocycles. The fourth-order valence-corrected chi connectivity index (χ4v) is 3.94. The first kappa shape index (κ1) is 15.3. The maximum atomic E-state index is 6.03. The van der Waals surface area contributed by atoms with Gasteiger partial charge in [-0.2, -0.15) is 0 Å². The Balaban J connectivity index is 1.92. The number of thiophene rings is 1. The van der Waals surface area contributed by atoms with Crippen molar-refractivity contribution in [1.29, 1.82) is 0 Å². The highest BCUT2D eigenvalue weighted by Crippen LogP contribution is 2.30. The average Bonchev–Trinajstić information content (AvgIpc) is 2.78. The molecule has 5 heteroatoms. The van der Waals surface area contributed by atoms with Crippen LogP contribution in [0.15, 0.2) is 12.1 Å². The summed E-state index contributed by atoms with van der Waals surface area (Å²) in [6.07, 6.45) is 0. The van der Waals surface area contributed by atoms with Gasteiger partial charge in [0, 0.05) is 44.1 Å². The standard InChI is InChI=1S/C14H24ClN3S/c1-11(2)10-17-5-7-18(8-6-17)12(9-16)13-3-4-14(15)19-13/h3-4,11-12H,5-10,16H2,1-2H3. The third kappa shape index (κ3) is 4.17. The molecular formula is C14H24ClN3S. The van der Waals surface area contributed by atoms with Crippen molar-refractivity contribution in [3.05, 3.63) is 21.3 Å². The summed E-state index contributed by atoms with van der Waals surface area (Å²) in [6, 6.07) is 4.42. The minimum Gasteiger partial charge on any atom is -0.329 e. The number of piperazine rings is 1. The molecule has 0 radical (unpaired) electrons. The molecule has 108 valence electrons. The highest BCUT2D eigenvalue weighted by molar-refractivity contribution is 7.16. The van der Waals surface area contributed by atoms with Crippen LogP contribution in [0.1, 0.15) is 24.8 Å². The zero-order valence-corrected chi connectivity index (χ0v) is 13.4. The highest BCUT2D eigenvalue weighted by Gasteiger charge is 2.25. The monoisotopic (exact) mass is 301 g/mol. The van der Waals surface area contributed by atoms with E-state index in [2.05, 4.69) is 29.7 Å². The summed E-state index contributed by atoms with van der Waals surface area (Å²) < 4.78 is 0.854. The molecule has 1 aliphatic heterocycles. The largest absolute Gasteiger partial charge is 0.329 e. The first-order valence-electron chi connectivity index (χ1n) is 7.02. The number of rotatable bonds is 5. The SMILES string of the molecule is CC(C)CN1CCN(C(CN)c2ccc(Cl)s2)CC1. The van der Waals surface area contributed by atoms with Gasteiger partial charge >= 0.3 is 0 Å². The van der Waals surface area contributed by atoms with Crippen LogP contribution in [0.3, 0.4) is 0 Å². The van der Waals surface area contributed by atoms with Crippen LogP contribution in [-0.4, -0.2) is 49.1 Å². The van der Waals surface area contributed by atoms with E-state index < -0.39 is 0 Å². The summed E-state index contributed by atoms with van der Waals surface area (Å²) in [5, 5.41) is 0. The third-order valence-corrected chi connectivity index (χ3v) is 4.95. The summed E-state index contributed by atoms with van der Waals surface area (Å²) in [5.74, 6) is 0.743. The Kier molecular flexibility index (Phi) is 5.66. The molecule has 0 spiro atoms. The third-order valence-electron chi connectivity index (χ3n) is 3.62. The summed E-state index contributed by atoms with van der Waals surface area (Å²) >= 11 is 7.69. The van der Waals surface area contributed by atoms with Crippen molar-refractivity contribution in [2.75, 3.05) is 39.3 Å². The summed E-state index contributed by atoms with van der Waals surface area (Å²) in [7, 11) is 0. The Labute approximate surface area is 125 Å². The van der Waals surface area contributed by atoms with Crippen molar-refractivity contribution in [2.24, 2.45) is 11.7 Å². The van der Waals surface area contributed by atoms with E-state index in [9.17, 15) is 0 Å². The Bertz CT molecular complexity index is 386. The minimum atomic E-state index is 0.332. The molecule has 1 aromatic rings. The van der Waals surface area contributed by atoms with E-state index in [0.717, 1.165) is 36.4 Å². The first-order valence-corrected chi connectivity index (χ1v) is 8.21. The molecule has 1 fully saturated rings. The normalized spacial score (nSPS) is 20.1. The molecule has 0 bridgehead atoms. The van der Waals surface area contributed by atoms with Crippen LogP contribution in [0.2, 0.25) is 4.34 Å². The molecule has 2 heterocycles. The van der Waals surface area contributed by atoms with Crippen LogP contribution < -0.4 is 5.73 Å². The van der Waals surface area contributed by atoms with Gasteiger partial charge in [0.2, 0.25) is 0 Å². The predicted octanol–water partition coefficient (Wildman–Crippen LogP) is 2.67. The van der Waals surface area contributed by atoms with Gasteiger partial charge in [-0.25, -0.2) is 0 Å². The smallest absolute Gasteiger partial charge is 0.0931 e. The van der Waals surface area contributed by atoms with Gasteiger partial charge in [-0.15, -0.1) is 11.3 Å². The molecule has 1 unspecified atom stereocenters. The number of nitrogens with zero attached hydrogens (tertiary/aromatic N) is 2. The quantitative estimate of drug-likeness (QED) is 0.907. The van der Waals surface area contributed by atoms with Crippen LogP contribution >= 0.6 is 22.9 Å². The van der Waals surface area contributed by atoms with Crippen LogP contribution in [-0.2, 0) is 0 Å². The van der Waals surface area contributed by atoms with Crippen molar-refractivity contribution < 1.29 is 0 Å². The van der Waals surface area contributed by atoms with Gasteiger partial charge in [-0.1, -0.05) is 25.4 Å². The number of halogens is 1. The Morgan fingerprint density at radius 2 is 1.95 bits per heavy atom. The fourth-order valence-electron chi connectivity index (χ4n) is 2.73. The molecule has 0 amide bonds. The van der Waals surface area contributed by atoms with E-state index in [1.54, 1.807) is 11.3 Å². The highest BCUT2D eigenvalue weighted by atomic mass is 35.5. The van der Waals surface area contributed by atoms with Gasteiger partial charge in [0.1, 0.15) is 0 Å². The molecule has 0 saturated carbocycles. The van der Waals surface area contributed by atoms with Crippen LogP contribution in [0.25, 0.3) is 0 Å². The molecular weight excluding hydrogens is 278 g/mol. The lowest BCUT2D eigenvalue weighted by molar-refractivity contribution is 0.0924. The van der Waals surface area contributed by atoms with E-state index in [1.807, 2.05) is 6.07 Å². The molecule has 19 heavy (non-hydrogen) atoms. The Morgan fingerprint density at radius 1 is 1.26 bits per heavy atom. The Hall–Kier alpha value is -0.130. The van der Waals surface area contributed by atoms with Gasteiger partial charge in [-0.3, -0.25) is 4.90 Å². The molecule has 0 aromatic carbocycles. The molecule has 2 rings (SSSR count). The topological polar surface area (TPSA) is 32.5 Å². The Morgan fingerprint density at radius 3 is 2.42 bits per heavy atom. The van der Waals surface area contributed by atoms with E-state index in [-0.39, 0.29) is 0 Å². The second-order valence-corrected chi connectivity index (χ2v) is 7.37. The molecule has 1 aliphatic rings. The minimum absolute atomic E-state index is 0.332. The lowest BCUT2D eigenvalue weighted by atomic mass is 10.1. The zero-order valence-electron chi connectivity index (χ0n) is 11.8. The second-order valence-electron chi connectivity index (χ2n) is 5.62. The number of hydrogen-bond acceptors (Lipinski definition) is 4. The van der Waals surface area contributed by atoms with Gasteiger partial charge in [0.05, 0.1) is 10.4 Å². The molecule has 2 N–H and O–H groups in total. The second kappa shape index (κ2) is 7.04. The fraction of sp³-hybridized carbons (Fsp3) is 0.714. The zero-order chi connectivity index (χ0) is 13.8. The van der Waals surface area contributed by atoms with Crippen molar-refractivity contribution in [1.82, 2.24) is 9.80 Å². The van der Waals surface area contributed by atoms with E-state index in [4.69, 9.17) is 17.3 Å².